The van der Waals surface area contributed by atoms with Crippen LogP contribution >= 0.6 is 0 Å². The summed E-state index contributed by atoms with van der Waals surface area (Å²) >= 11 is 0. The fourth-order valence-electron chi connectivity index (χ4n) is 3.92. The monoisotopic (exact) mass is 456 g/mol. The minimum atomic E-state index is -3.54. The van der Waals surface area contributed by atoms with Crippen LogP contribution in [0.4, 0.5) is 0 Å². The van der Waals surface area contributed by atoms with Crippen LogP contribution in [0.15, 0.2) is 42.5 Å². The predicted octanol–water partition coefficient (Wildman–Crippen LogP) is 7.38. The molecular formula is C26H41NaO3S. The van der Waals surface area contributed by atoms with Gasteiger partial charge < -0.3 is 4.18 Å². The second-order valence-corrected chi connectivity index (χ2v) is 10.1. The Balaban J connectivity index is 0.00000480. The molecule has 5 heteroatoms. The van der Waals surface area contributed by atoms with Gasteiger partial charge in [0.25, 0.3) is 0 Å². The van der Waals surface area contributed by atoms with E-state index in [0.717, 1.165) is 23.6 Å². The summed E-state index contributed by atoms with van der Waals surface area (Å²) in [4.78, 5) is 0. The molecule has 0 aliphatic carbocycles. The van der Waals surface area contributed by atoms with E-state index in [1.807, 2.05) is 36.4 Å². The van der Waals surface area contributed by atoms with Crippen molar-refractivity contribution < 1.29 is 12.6 Å². The van der Waals surface area contributed by atoms with Gasteiger partial charge in [-0.1, -0.05) is 127 Å². The van der Waals surface area contributed by atoms with Gasteiger partial charge in [-0.2, -0.15) is 8.42 Å². The maximum atomic E-state index is 12.3. The molecule has 170 valence electrons. The van der Waals surface area contributed by atoms with E-state index in [9.17, 15) is 8.42 Å². The minimum absolute atomic E-state index is 0. The molecule has 0 aromatic heterocycles. The molecule has 3 nitrogen and oxygen atoms in total. The third-order valence-electron chi connectivity index (χ3n) is 5.71. The zero-order valence-electron chi connectivity index (χ0n) is 18.8. The van der Waals surface area contributed by atoms with Gasteiger partial charge in [0, 0.05) is 5.39 Å². The summed E-state index contributed by atoms with van der Waals surface area (Å²) < 4.78 is 30.1. The molecule has 0 heterocycles. The number of rotatable bonds is 17. The van der Waals surface area contributed by atoms with Crippen LogP contribution in [-0.4, -0.2) is 43.7 Å². The van der Waals surface area contributed by atoms with Crippen LogP contribution in [0.3, 0.4) is 0 Å². The van der Waals surface area contributed by atoms with Crippen molar-refractivity contribution in [1.82, 2.24) is 0 Å². The Morgan fingerprint density at radius 3 is 1.71 bits per heavy atom. The Morgan fingerprint density at radius 2 is 1.13 bits per heavy atom. The molecule has 2 aromatic rings. The number of hydrogen-bond acceptors (Lipinski definition) is 3. The first kappa shape index (κ1) is 28.5. The summed E-state index contributed by atoms with van der Waals surface area (Å²) in [7, 11) is -3.54. The van der Waals surface area contributed by atoms with E-state index in [4.69, 9.17) is 4.18 Å². The first-order chi connectivity index (χ1) is 14.6. The van der Waals surface area contributed by atoms with E-state index in [1.54, 1.807) is 6.07 Å². The molecule has 0 saturated heterocycles. The Kier molecular flexibility index (Phi) is 15.6. The molecule has 0 atom stereocenters. The van der Waals surface area contributed by atoms with Crippen LogP contribution in [0.1, 0.15) is 96.8 Å². The van der Waals surface area contributed by atoms with Crippen molar-refractivity contribution in [1.29, 1.82) is 0 Å². The van der Waals surface area contributed by atoms with Crippen molar-refractivity contribution in [2.24, 2.45) is 0 Å². The average Bonchev–Trinajstić information content (AvgIpc) is 2.74. The number of hydrogen-bond donors (Lipinski definition) is 0. The van der Waals surface area contributed by atoms with E-state index >= 15 is 0 Å². The van der Waals surface area contributed by atoms with Crippen LogP contribution in [0.2, 0.25) is 0 Å². The van der Waals surface area contributed by atoms with Gasteiger partial charge in [-0.15, -0.1) is 0 Å². The predicted molar refractivity (Wildman–Crippen MR) is 136 cm³/mol. The molecule has 0 spiro atoms. The Labute approximate surface area is 212 Å². The maximum absolute atomic E-state index is 12.3. The second-order valence-electron chi connectivity index (χ2n) is 8.42. The summed E-state index contributed by atoms with van der Waals surface area (Å²) in [6.45, 7) is 2.26. The van der Waals surface area contributed by atoms with Crippen molar-refractivity contribution in [2.45, 2.75) is 96.8 Å². The van der Waals surface area contributed by atoms with Crippen molar-refractivity contribution in [3.05, 3.63) is 42.5 Å². The summed E-state index contributed by atoms with van der Waals surface area (Å²) in [5.41, 5.74) is 0. The molecule has 2 aromatic carbocycles. The molecular weight excluding hydrogens is 415 g/mol. The quantitative estimate of drug-likeness (QED) is 0.142. The molecule has 0 unspecified atom stereocenters. The van der Waals surface area contributed by atoms with E-state index in [1.165, 1.54) is 70.6 Å². The third-order valence-corrected chi connectivity index (χ3v) is 6.94. The average molecular weight is 457 g/mol. The van der Waals surface area contributed by atoms with Gasteiger partial charge in [-0.25, -0.2) is 0 Å². The molecule has 0 N–H and O–H groups in total. The first-order valence-corrected chi connectivity index (χ1v) is 13.6. The Morgan fingerprint density at radius 1 is 0.645 bits per heavy atom. The van der Waals surface area contributed by atoms with Gasteiger partial charge in [-0.3, -0.25) is 0 Å². The van der Waals surface area contributed by atoms with Crippen LogP contribution in [0.5, 0.6) is 5.75 Å². The van der Waals surface area contributed by atoms with Crippen LogP contribution < -0.4 is 4.18 Å². The Bertz CT molecular complexity index is 815. The van der Waals surface area contributed by atoms with Crippen molar-refractivity contribution in [2.75, 3.05) is 5.75 Å². The van der Waals surface area contributed by atoms with E-state index in [2.05, 4.69) is 6.92 Å². The fourth-order valence-corrected chi connectivity index (χ4v) is 4.98. The van der Waals surface area contributed by atoms with Gasteiger partial charge >= 0.3 is 39.7 Å². The summed E-state index contributed by atoms with van der Waals surface area (Å²) in [6.07, 6.45) is 17.6. The first-order valence-electron chi connectivity index (χ1n) is 12.0. The number of unbranched alkanes of at least 4 members (excludes halogenated alkanes) is 13. The van der Waals surface area contributed by atoms with Crippen molar-refractivity contribution in [3.8, 4) is 5.75 Å². The fraction of sp³-hybridized carbons (Fsp3) is 0.615. The second kappa shape index (κ2) is 17.0. The molecule has 2 rings (SSSR count). The summed E-state index contributed by atoms with van der Waals surface area (Å²) in [5.74, 6) is 0.521. The van der Waals surface area contributed by atoms with E-state index in [0.29, 0.717) is 12.2 Å². The molecule has 0 fully saturated rings. The summed E-state index contributed by atoms with van der Waals surface area (Å²) in [5, 5.41) is 1.83. The molecule has 0 saturated carbocycles. The molecule has 0 radical (unpaired) electrons. The van der Waals surface area contributed by atoms with Gasteiger partial charge in [0.15, 0.2) is 0 Å². The van der Waals surface area contributed by atoms with E-state index < -0.39 is 10.1 Å². The van der Waals surface area contributed by atoms with Crippen molar-refractivity contribution >= 4 is 50.4 Å². The van der Waals surface area contributed by atoms with Crippen molar-refractivity contribution in [3.63, 3.8) is 0 Å². The standard InChI is InChI=1S/C26H40O3S.Na.H/c1-2-3-4-5-6-7-8-9-10-11-12-13-14-17-23-30(27,28)29-26-22-18-20-24-19-15-16-21-25(24)26;;/h15-16,18-22H,2-14,17,23H2,1H3;;. The molecule has 0 aliphatic heterocycles. The van der Waals surface area contributed by atoms with Gasteiger partial charge in [0.05, 0.1) is 5.75 Å². The van der Waals surface area contributed by atoms with E-state index in [-0.39, 0.29) is 35.3 Å². The third kappa shape index (κ3) is 12.3. The van der Waals surface area contributed by atoms with Gasteiger partial charge in [-0.05, 0) is 17.9 Å². The number of fused-ring (bicyclic) bond motifs is 1. The van der Waals surface area contributed by atoms with Crippen LogP contribution in [0, 0.1) is 0 Å². The number of benzene rings is 2. The van der Waals surface area contributed by atoms with Crippen LogP contribution in [0.25, 0.3) is 10.8 Å². The summed E-state index contributed by atoms with van der Waals surface area (Å²) in [6, 6.07) is 13.2. The molecule has 0 bridgehead atoms. The molecule has 0 amide bonds. The normalized spacial score (nSPS) is 11.4. The van der Waals surface area contributed by atoms with Gasteiger partial charge in [0.1, 0.15) is 5.75 Å². The molecule has 0 aliphatic rings. The van der Waals surface area contributed by atoms with Crippen LogP contribution in [-0.2, 0) is 10.1 Å². The van der Waals surface area contributed by atoms with Gasteiger partial charge in [0.2, 0.25) is 0 Å². The molecule has 31 heavy (non-hydrogen) atoms. The Hall–Kier alpha value is -0.550. The SMILES string of the molecule is CCCCCCCCCCCCCCCCS(=O)(=O)Oc1cccc2ccccc12.[NaH]. The zero-order valence-corrected chi connectivity index (χ0v) is 19.6. The topological polar surface area (TPSA) is 43.4 Å². The zero-order chi connectivity index (χ0) is 21.5.